The van der Waals surface area contributed by atoms with Gasteiger partial charge in [-0.2, -0.15) is 13.9 Å². The fraction of sp³-hybridized carbons (Fsp3) is 0.500. The maximum absolute atomic E-state index is 12.6. The van der Waals surface area contributed by atoms with E-state index in [-0.39, 0.29) is 23.4 Å². The van der Waals surface area contributed by atoms with Gasteiger partial charge in [0.1, 0.15) is 5.75 Å². The molecule has 2 N–H and O–H groups in total. The van der Waals surface area contributed by atoms with Crippen molar-refractivity contribution in [2.75, 3.05) is 19.6 Å². The standard InChI is InChI=1S/C16H18F2N4O2/c17-16(18)24-10-1-2-12-11(7-10)14(21-20-12)15(23)19-13-8-22-5-3-9(13)4-6-22/h1-2,7,9,13,16H,3-6,8H2,(H,19,23)(H,20,21). The van der Waals surface area contributed by atoms with Crippen molar-refractivity contribution < 1.29 is 18.3 Å². The number of amides is 1. The molecule has 1 atom stereocenters. The molecule has 6 nitrogen and oxygen atoms in total. The van der Waals surface area contributed by atoms with E-state index < -0.39 is 6.61 Å². The van der Waals surface area contributed by atoms with Crippen molar-refractivity contribution in [3.8, 4) is 5.75 Å². The van der Waals surface area contributed by atoms with Crippen molar-refractivity contribution in [1.29, 1.82) is 0 Å². The highest BCUT2D eigenvalue weighted by Gasteiger charge is 2.35. The average Bonchev–Trinajstić information content (AvgIpc) is 2.98. The predicted octanol–water partition coefficient (Wildman–Crippen LogP) is 1.99. The lowest BCUT2D eigenvalue weighted by Crippen LogP contribution is -2.57. The van der Waals surface area contributed by atoms with Crippen LogP contribution in [-0.4, -0.2) is 53.3 Å². The number of halogens is 2. The molecule has 24 heavy (non-hydrogen) atoms. The van der Waals surface area contributed by atoms with E-state index in [0.29, 0.717) is 16.8 Å². The molecule has 3 aliphatic heterocycles. The third-order valence-corrected chi connectivity index (χ3v) is 4.95. The number of aromatic nitrogens is 2. The van der Waals surface area contributed by atoms with Crippen molar-refractivity contribution >= 4 is 16.8 Å². The molecule has 3 fully saturated rings. The largest absolute Gasteiger partial charge is 0.435 e. The fourth-order valence-corrected chi connectivity index (χ4v) is 3.71. The van der Waals surface area contributed by atoms with Gasteiger partial charge in [0, 0.05) is 18.0 Å². The smallest absolute Gasteiger partial charge is 0.387 e. The van der Waals surface area contributed by atoms with Gasteiger partial charge in [0.25, 0.3) is 5.91 Å². The van der Waals surface area contributed by atoms with Crippen LogP contribution in [0, 0.1) is 5.92 Å². The van der Waals surface area contributed by atoms with Crippen molar-refractivity contribution in [2.24, 2.45) is 5.92 Å². The van der Waals surface area contributed by atoms with Gasteiger partial charge in [-0.1, -0.05) is 0 Å². The Morgan fingerprint density at radius 1 is 1.38 bits per heavy atom. The Bertz CT molecular complexity index is 756. The normalized spacial score (nSPS) is 26.0. The number of aromatic amines is 1. The van der Waals surface area contributed by atoms with E-state index in [4.69, 9.17) is 0 Å². The van der Waals surface area contributed by atoms with Gasteiger partial charge in [-0.3, -0.25) is 9.89 Å². The van der Waals surface area contributed by atoms with Crippen molar-refractivity contribution in [1.82, 2.24) is 20.4 Å². The van der Waals surface area contributed by atoms with Gasteiger partial charge < -0.3 is 15.0 Å². The highest BCUT2D eigenvalue weighted by atomic mass is 19.3. The molecule has 128 valence electrons. The third-order valence-electron chi connectivity index (χ3n) is 4.95. The second kappa shape index (κ2) is 6.01. The lowest BCUT2D eigenvalue weighted by molar-refractivity contribution is -0.0497. The number of carbonyl (C=O) groups excluding carboxylic acids is 1. The summed E-state index contributed by atoms with van der Waals surface area (Å²) < 4.78 is 29.1. The zero-order chi connectivity index (χ0) is 16.7. The molecule has 3 saturated heterocycles. The monoisotopic (exact) mass is 336 g/mol. The van der Waals surface area contributed by atoms with Gasteiger partial charge in [0.2, 0.25) is 0 Å². The number of ether oxygens (including phenoxy) is 1. The molecule has 1 aromatic heterocycles. The average molecular weight is 336 g/mol. The molecule has 0 aliphatic carbocycles. The maximum atomic E-state index is 12.6. The van der Waals surface area contributed by atoms with E-state index in [1.807, 2.05) is 0 Å². The second-order valence-corrected chi connectivity index (χ2v) is 6.38. The van der Waals surface area contributed by atoms with Crippen LogP contribution in [0.2, 0.25) is 0 Å². The van der Waals surface area contributed by atoms with Crippen molar-refractivity contribution in [3.05, 3.63) is 23.9 Å². The van der Waals surface area contributed by atoms with Crippen LogP contribution in [0.15, 0.2) is 18.2 Å². The van der Waals surface area contributed by atoms with Gasteiger partial charge in [0.15, 0.2) is 5.69 Å². The molecule has 1 aromatic carbocycles. The van der Waals surface area contributed by atoms with Crippen LogP contribution in [0.25, 0.3) is 10.9 Å². The molecule has 8 heteroatoms. The van der Waals surface area contributed by atoms with E-state index in [2.05, 4.69) is 25.2 Å². The van der Waals surface area contributed by atoms with Crippen LogP contribution < -0.4 is 10.1 Å². The molecule has 2 aromatic rings. The van der Waals surface area contributed by atoms with Crippen molar-refractivity contribution in [3.63, 3.8) is 0 Å². The minimum atomic E-state index is -2.90. The lowest BCUT2D eigenvalue weighted by Gasteiger charge is -2.44. The van der Waals surface area contributed by atoms with Crippen LogP contribution in [0.1, 0.15) is 23.3 Å². The summed E-state index contributed by atoms with van der Waals surface area (Å²) in [6.07, 6.45) is 2.19. The molecule has 3 aliphatic rings. The summed E-state index contributed by atoms with van der Waals surface area (Å²) in [6, 6.07) is 4.52. The number of hydrogen-bond acceptors (Lipinski definition) is 4. The number of hydrogen-bond donors (Lipinski definition) is 2. The summed E-state index contributed by atoms with van der Waals surface area (Å²) in [4.78, 5) is 14.9. The molecule has 1 unspecified atom stereocenters. The summed E-state index contributed by atoms with van der Waals surface area (Å²) in [7, 11) is 0. The summed E-state index contributed by atoms with van der Waals surface area (Å²) in [5, 5.41) is 10.3. The van der Waals surface area contributed by atoms with Gasteiger partial charge in [0.05, 0.1) is 5.52 Å². The van der Waals surface area contributed by atoms with Crippen LogP contribution in [-0.2, 0) is 0 Å². The van der Waals surface area contributed by atoms with Crippen LogP contribution in [0.4, 0.5) is 8.78 Å². The number of nitrogens with one attached hydrogen (secondary N) is 2. The second-order valence-electron chi connectivity index (χ2n) is 6.38. The molecular formula is C16H18F2N4O2. The number of rotatable bonds is 4. The molecule has 4 heterocycles. The minimum absolute atomic E-state index is 0.00999. The SMILES string of the molecule is O=C(NC1CN2CCC1CC2)c1n[nH]c2ccc(OC(F)F)cc12. The molecule has 0 radical (unpaired) electrons. The Morgan fingerprint density at radius 3 is 2.83 bits per heavy atom. The number of carbonyl (C=O) groups is 1. The zero-order valence-electron chi connectivity index (χ0n) is 13.0. The summed E-state index contributed by atoms with van der Waals surface area (Å²) >= 11 is 0. The minimum Gasteiger partial charge on any atom is -0.435 e. The van der Waals surface area contributed by atoms with Gasteiger partial charge in [-0.25, -0.2) is 0 Å². The Kier molecular flexibility index (Phi) is 3.84. The highest BCUT2D eigenvalue weighted by molar-refractivity contribution is 6.05. The number of fused-ring (bicyclic) bond motifs is 4. The summed E-state index contributed by atoms with van der Waals surface area (Å²) in [5.74, 6) is 0.229. The predicted molar refractivity (Wildman–Crippen MR) is 83.1 cm³/mol. The van der Waals surface area contributed by atoms with Crippen LogP contribution in [0.3, 0.4) is 0 Å². The maximum Gasteiger partial charge on any atom is 0.387 e. The molecule has 1 amide bonds. The number of H-pyrrole nitrogens is 1. The quantitative estimate of drug-likeness (QED) is 0.896. The van der Waals surface area contributed by atoms with Gasteiger partial charge in [-0.05, 0) is 50.0 Å². The first-order valence-electron chi connectivity index (χ1n) is 8.06. The first-order chi connectivity index (χ1) is 11.6. The van der Waals surface area contributed by atoms with Crippen LogP contribution in [0.5, 0.6) is 5.75 Å². The Labute approximate surface area is 137 Å². The number of piperidine rings is 3. The molecule has 0 spiro atoms. The summed E-state index contributed by atoms with van der Waals surface area (Å²) in [5.41, 5.74) is 0.817. The molecule has 5 rings (SSSR count). The lowest BCUT2D eigenvalue weighted by atomic mass is 9.84. The van der Waals surface area contributed by atoms with E-state index in [0.717, 1.165) is 32.5 Å². The van der Waals surface area contributed by atoms with Gasteiger partial charge in [-0.15, -0.1) is 0 Å². The third kappa shape index (κ3) is 2.82. The Morgan fingerprint density at radius 2 is 2.17 bits per heavy atom. The number of nitrogens with zero attached hydrogens (tertiary/aromatic N) is 2. The first-order valence-corrected chi connectivity index (χ1v) is 8.06. The number of benzene rings is 1. The zero-order valence-corrected chi connectivity index (χ0v) is 13.0. The van der Waals surface area contributed by atoms with Crippen LogP contribution >= 0.6 is 0 Å². The number of alkyl halides is 2. The van der Waals surface area contributed by atoms with E-state index in [1.54, 1.807) is 6.07 Å². The molecular weight excluding hydrogens is 318 g/mol. The topological polar surface area (TPSA) is 70.2 Å². The van der Waals surface area contributed by atoms with Gasteiger partial charge >= 0.3 is 6.61 Å². The fourth-order valence-electron chi connectivity index (χ4n) is 3.71. The van der Waals surface area contributed by atoms with Crippen molar-refractivity contribution in [2.45, 2.75) is 25.5 Å². The summed E-state index contributed by atoms with van der Waals surface area (Å²) in [6.45, 7) is 0.143. The molecule has 2 bridgehead atoms. The molecule has 0 saturated carbocycles. The first kappa shape index (κ1) is 15.3. The Balaban J connectivity index is 1.55. The Hall–Kier alpha value is -2.22. The van der Waals surface area contributed by atoms with E-state index in [9.17, 15) is 13.6 Å². The van der Waals surface area contributed by atoms with E-state index in [1.165, 1.54) is 12.1 Å². The highest BCUT2D eigenvalue weighted by Crippen LogP contribution is 2.28. The van der Waals surface area contributed by atoms with E-state index >= 15 is 0 Å².